The monoisotopic (exact) mass is 764 g/mol. The lowest BCUT2D eigenvalue weighted by molar-refractivity contribution is 0.152. The van der Waals surface area contributed by atoms with E-state index >= 15 is 0 Å². The highest BCUT2D eigenvalue weighted by Gasteiger charge is 2.31. The van der Waals surface area contributed by atoms with Crippen molar-refractivity contribution in [2.45, 2.75) is 12.3 Å². The minimum absolute atomic E-state index is 0.0522. The Bertz CT molecular complexity index is 3360. The topological polar surface area (TPSA) is 45.7 Å². The van der Waals surface area contributed by atoms with Gasteiger partial charge in [-0.15, -0.1) is 11.3 Å². The molecular formula is C52H36N4OS. The van der Waals surface area contributed by atoms with E-state index in [0.29, 0.717) is 0 Å². The molecule has 0 saturated carbocycles. The molecule has 0 saturated heterocycles. The van der Waals surface area contributed by atoms with Crippen molar-refractivity contribution < 1.29 is 4.42 Å². The minimum Gasteiger partial charge on any atom is -0.456 e. The van der Waals surface area contributed by atoms with Crippen molar-refractivity contribution >= 4 is 81.1 Å². The van der Waals surface area contributed by atoms with E-state index in [4.69, 9.17) is 9.41 Å². The molecule has 1 aliphatic rings. The molecule has 0 bridgehead atoms. The molecule has 58 heavy (non-hydrogen) atoms. The summed E-state index contributed by atoms with van der Waals surface area (Å²) in [5.41, 5.74) is 11.1. The summed E-state index contributed by atoms with van der Waals surface area (Å²) in [5, 5.41) is 11.0. The number of amidine groups is 1. The maximum absolute atomic E-state index is 6.59. The highest BCUT2D eigenvalue weighted by molar-refractivity contribution is 7.25. The molecule has 11 aromatic rings. The third kappa shape index (κ3) is 5.16. The van der Waals surface area contributed by atoms with Gasteiger partial charge in [0.2, 0.25) is 0 Å². The lowest BCUT2D eigenvalue weighted by Gasteiger charge is -2.39. The van der Waals surface area contributed by atoms with Crippen molar-refractivity contribution in [3.05, 3.63) is 199 Å². The molecule has 12 rings (SSSR count). The van der Waals surface area contributed by atoms with E-state index in [1.807, 2.05) is 17.4 Å². The van der Waals surface area contributed by atoms with Crippen LogP contribution < -0.4 is 5.32 Å². The first-order chi connectivity index (χ1) is 28.7. The van der Waals surface area contributed by atoms with Gasteiger partial charge in [0, 0.05) is 47.3 Å². The number of nitrogens with zero attached hydrogens (tertiary/aromatic N) is 3. The Morgan fingerprint density at radius 2 is 1.21 bits per heavy atom. The SMILES string of the molecule is CN1C(c2ccc3c(c2)oc2ccc(-c4ccc5sc6cccc(-n7c8ccccc8c8ccccc87)c6c5c4)cc23)N=C(c2ccccc2)NC1c1ccccc1. The van der Waals surface area contributed by atoms with E-state index < -0.39 is 0 Å². The van der Waals surface area contributed by atoms with Gasteiger partial charge in [-0.05, 0) is 83.9 Å². The largest absolute Gasteiger partial charge is 0.456 e. The van der Waals surface area contributed by atoms with Crippen molar-refractivity contribution in [2.24, 2.45) is 4.99 Å². The normalized spacial score (nSPS) is 16.2. The molecule has 1 aliphatic heterocycles. The molecule has 2 unspecified atom stereocenters. The van der Waals surface area contributed by atoms with E-state index in [2.05, 4.69) is 198 Å². The smallest absolute Gasteiger partial charge is 0.135 e. The lowest BCUT2D eigenvalue weighted by Crippen LogP contribution is -2.45. The van der Waals surface area contributed by atoms with Crippen LogP contribution in [-0.4, -0.2) is 22.4 Å². The van der Waals surface area contributed by atoms with Crippen LogP contribution in [0.15, 0.2) is 191 Å². The van der Waals surface area contributed by atoms with E-state index in [1.54, 1.807) is 0 Å². The molecule has 3 aromatic heterocycles. The van der Waals surface area contributed by atoms with Crippen molar-refractivity contribution in [1.29, 1.82) is 0 Å². The summed E-state index contributed by atoms with van der Waals surface area (Å²) in [6, 6.07) is 65.3. The van der Waals surface area contributed by atoms with Crippen LogP contribution in [-0.2, 0) is 0 Å². The average Bonchev–Trinajstić information content (AvgIpc) is 3.96. The number of hydrogen-bond acceptors (Lipinski definition) is 5. The van der Waals surface area contributed by atoms with Crippen molar-refractivity contribution in [2.75, 3.05) is 7.05 Å². The summed E-state index contributed by atoms with van der Waals surface area (Å²) < 4.78 is 11.6. The van der Waals surface area contributed by atoms with Crippen LogP contribution in [0.1, 0.15) is 29.0 Å². The molecule has 0 spiro atoms. The third-order valence-corrected chi connectivity index (χ3v) is 13.0. The van der Waals surface area contributed by atoms with Crippen LogP contribution in [0.2, 0.25) is 0 Å². The minimum atomic E-state index is -0.214. The van der Waals surface area contributed by atoms with Gasteiger partial charge in [0.1, 0.15) is 29.3 Å². The molecule has 2 atom stereocenters. The molecule has 0 radical (unpaired) electrons. The molecule has 4 heterocycles. The number of para-hydroxylation sites is 2. The number of nitrogens with one attached hydrogen (secondary N) is 1. The van der Waals surface area contributed by atoms with Crippen molar-refractivity contribution in [1.82, 2.24) is 14.8 Å². The maximum atomic E-state index is 6.59. The first-order valence-corrected chi connectivity index (χ1v) is 20.5. The van der Waals surface area contributed by atoms with Gasteiger partial charge in [-0.3, -0.25) is 4.90 Å². The van der Waals surface area contributed by atoms with E-state index in [-0.39, 0.29) is 12.3 Å². The fourth-order valence-electron chi connectivity index (χ4n) is 9.13. The second kappa shape index (κ2) is 13.0. The number of aliphatic imine (C=N–C) groups is 1. The quantitative estimate of drug-likeness (QED) is 0.190. The van der Waals surface area contributed by atoms with Gasteiger partial charge in [-0.25, -0.2) is 4.99 Å². The Labute approximate surface area is 338 Å². The van der Waals surface area contributed by atoms with Crippen molar-refractivity contribution in [3.8, 4) is 16.8 Å². The Kier molecular flexibility index (Phi) is 7.45. The molecule has 276 valence electrons. The first kappa shape index (κ1) is 33.2. The molecule has 6 heteroatoms. The number of hydrogen-bond donors (Lipinski definition) is 1. The van der Waals surface area contributed by atoms with Crippen LogP contribution >= 0.6 is 11.3 Å². The Hall–Kier alpha value is -6.99. The predicted octanol–water partition coefficient (Wildman–Crippen LogP) is 13.4. The zero-order valence-corrected chi connectivity index (χ0v) is 32.4. The Morgan fingerprint density at radius 1 is 0.517 bits per heavy atom. The molecule has 0 fully saturated rings. The molecular weight excluding hydrogens is 729 g/mol. The second-order valence-corrected chi connectivity index (χ2v) is 16.3. The summed E-state index contributed by atoms with van der Waals surface area (Å²) in [6.07, 6.45) is -0.266. The molecule has 5 nitrogen and oxygen atoms in total. The first-order valence-electron chi connectivity index (χ1n) is 19.7. The number of furan rings is 1. The number of aromatic nitrogens is 1. The molecule has 0 amide bonds. The van der Waals surface area contributed by atoms with Gasteiger partial charge in [0.25, 0.3) is 0 Å². The van der Waals surface area contributed by atoms with Crippen LogP contribution in [0, 0.1) is 0 Å². The van der Waals surface area contributed by atoms with Crippen LogP contribution in [0.25, 0.3) is 80.7 Å². The predicted molar refractivity (Wildman–Crippen MR) is 242 cm³/mol. The van der Waals surface area contributed by atoms with Gasteiger partial charge < -0.3 is 14.3 Å². The summed E-state index contributed by atoms with van der Waals surface area (Å²) in [6.45, 7) is 0. The number of rotatable bonds is 5. The number of fused-ring (bicyclic) bond motifs is 9. The zero-order chi connectivity index (χ0) is 38.3. The standard InChI is InChI=1S/C52H36N4OS/c1-55-51(33-15-6-3-7-16-33)53-50(32-13-4-2-5-14-32)54-52(55)36-23-26-39-40-29-34(24-27-45(40)57-46(39)31-36)35-25-28-47-41(30-35)49-44(21-12-22-48(49)58-47)56-42-19-10-8-17-37(42)38-18-9-11-20-43(38)56/h2-31,51-52H,1H3,(H,53,54). The zero-order valence-electron chi connectivity index (χ0n) is 31.6. The number of thiophene rings is 1. The average molecular weight is 765 g/mol. The van der Waals surface area contributed by atoms with Crippen LogP contribution in [0.5, 0.6) is 0 Å². The summed E-state index contributed by atoms with van der Waals surface area (Å²) >= 11 is 1.86. The van der Waals surface area contributed by atoms with Gasteiger partial charge in [-0.2, -0.15) is 0 Å². The highest BCUT2D eigenvalue weighted by Crippen LogP contribution is 2.43. The van der Waals surface area contributed by atoms with Gasteiger partial charge in [0.05, 0.1) is 16.7 Å². The van der Waals surface area contributed by atoms with E-state index in [9.17, 15) is 0 Å². The summed E-state index contributed by atoms with van der Waals surface area (Å²) in [5.74, 6) is 0.879. The third-order valence-electron chi connectivity index (χ3n) is 11.9. The molecule has 0 aliphatic carbocycles. The fraction of sp³-hybridized carbons (Fsp3) is 0.0577. The van der Waals surface area contributed by atoms with Gasteiger partial charge >= 0.3 is 0 Å². The van der Waals surface area contributed by atoms with Crippen molar-refractivity contribution in [3.63, 3.8) is 0 Å². The lowest BCUT2D eigenvalue weighted by atomic mass is 9.99. The Balaban J connectivity index is 0.958. The molecule has 8 aromatic carbocycles. The van der Waals surface area contributed by atoms with Crippen LogP contribution in [0.3, 0.4) is 0 Å². The summed E-state index contributed by atoms with van der Waals surface area (Å²) in [7, 11) is 2.13. The van der Waals surface area contributed by atoms with E-state index in [1.165, 1.54) is 58.8 Å². The summed E-state index contributed by atoms with van der Waals surface area (Å²) in [4.78, 5) is 7.57. The van der Waals surface area contributed by atoms with Crippen LogP contribution in [0.4, 0.5) is 0 Å². The Morgan fingerprint density at radius 3 is 1.98 bits per heavy atom. The number of benzene rings is 8. The maximum Gasteiger partial charge on any atom is 0.135 e. The van der Waals surface area contributed by atoms with E-state index in [0.717, 1.165) is 44.5 Å². The second-order valence-electron chi connectivity index (χ2n) is 15.2. The molecule has 1 N–H and O–H groups in total. The van der Waals surface area contributed by atoms with Gasteiger partial charge in [0.15, 0.2) is 0 Å². The fourth-order valence-corrected chi connectivity index (χ4v) is 10.2. The highest BCUT2D eigenvalue weighted by atomic mass is 32.1. The van der Waals surface area contributed by atoms with Gasteiger partial charge in [-0.1, -0.05) is 127 Å².